The lowest BCUT2D eigenvalue weighted by Gasteiger charge is -2.15. The van der Waals surface area contributed by atoms with Crippen molar-refractivity contribution < 1.29 is 9.47 Å². The molecule has 0 atom stereocenters. The summed E-state index contributed by atoms with van der Waals surface area (Å²) in [7, 11) is 1.55. The van der Waals surface area contributed by atoms with Crippen molar-refractivity contribution in [2.45, 2.75) is 13.0 Å². The Bertz CT molecular complexity index is 666. The van der Waals surface area contributed by atoms with Gasteiger partial charge in [0.15, 0.2) is 5.82 Å². The SMILES string of the molecule is COc1cccc(-c2nc3c(c(=O)[nH]2)COCC3)n1. The van der Waals surface area contributed by atoms with Crippen molar-refractivity contribution in [1.82, 2.24) is 15.0 Å². The van der Waals surface area contributed by atoms with Crippen LogP contribution < -0.4 is 10.3 Å². The first-order chi connectivity index (χ1) is 9.28. The van der Waals surface area contributed by atoms with E-state index in [-0.39, 0.29) is 5.56 Å². The Balaban J connectivity index is 2.10. The highest BCUT2D eigenvalue weighted by atomic mass is 16.5. The van der Waals surface area contributed by atoms with E-state index in [9.17, 15) is 4.79 Å². The molecule has 3 heterocycles. The van der Waals surface area contributed by atoms with E-state index in [1.165, 1.54) is 0 Å². The largest absolute Gasteiger partial charge is 0.481 e. The summed E-state index contributed by atoms with van der Waals surface area (Å²) in [6.45, 7) is 0.915. The van der Waals surface area contributed by atoms with Crippen molar-refractivity contribution in [2.75, 3.05) is 13.7 Å². The highest BCUT2D eigenvalue weighted by molar-refractivity contribution is 5.50. The maximum atomic E-state index is 12.0. The highest BCUT2D eigenvalue weighted by Crippen LogP contribution is 2.17. The summed E-state index contributed by atoms with van der Waals surface area (Å²) in [6, 6.07) is 5.34. The molecule has 1 aliphatic rings. The number of hydrogen-bond donors (Lipinski definition) is 1. The van der Waals surface area contributed by atoms with Gasteiger partial charge in [-0.05, 0) is 6.07 Å². The van der Waals surface area contributed by atoms with Gasteiger partial charge in [0, 0.05) is 12.5 Å². The molecular weight excluding hydrogens is 246 g/mol. The van der Waals surface area contributed by atoms with Crippen LogP contribution in [0.1, 0.15) is 11.3 Å². The van der Waals surface area contributed by atoms with Crippen LogP contribution in [0.5, 0.6) is 5.88 Å². The Morgan fingerprint density at radius 3 is 3.11 bits per heavy atom. The highest BCUT2D eigenvalue weighted by Gasteiger charge is 2.17. The maximum Gasteiger partial charge on any atom is 0.256 e. The van der Waals surface area contributed by atoms with E-state index in [1.54, 1.807) is 19.2 Å². The van der Waals surface area contributed by atoms with Gasteiger partial charge in [0.25, 0.3) is 5.56 Å². The normalized spacial score (nSPS) is 13.9. The number of rotatable bonds is 2. The lowest BCUT2D eigenvalue weighted by atomic mass is 10.1. The number of H-pyrrole nitrogens is 1. The molecule has 0 amide bonds. The Morgan fingerprint density at radius 2 is 2.26 bits per heavy atom. The summed E-state index contributed by atoms with van der Waals surface area (Å²) >= 11 is 0. The standard InChI is InChI=1S/C13H13N3O3/c1-18-11-4-2-3-10(14-11)12-15-9-5-6-19-7-8(9)13(17)16-12/h2-4H,5-7H2,1H3,(H,15,16,17). The number of aromatic amines is 1. The molecule has 0 bridgehead atoms. The monoisotopic (exact) mass is 259 g/mol. The minimum absolute atomic E-state index is 0.163. The third kappa shape index (κ3) is 2.22. The molecule has 0 aromatic carbocycles. The van der Waals surface area contributed by atoms with Crippen molar-refractivity contribution >= 4 is 0 Å². The number of nitrogens with one attached hydrogen (secondary N) is 1. The third-order valence-corrected chi connectivity index (χ3v) is 3.01. The van der Waals surface area contributed by atoms with Crippen LogP contribution in [0.3, 0.4) is 0 Å². The first kappa shape index (κ1) is 11.9. The van der Waals surface area contributed by atoms with Gasteiger partial charge in [-0.15, -0.1) is 0 Å². The number of pyridine rings is 1. The quantitative estimate of drug-likeness (QED) is 0.867. The van der Waals surface area contributed by atoms with Gasteiger partial charge in [-0.3, -0.25) is 4.79 Å². The first-order valence-corrected chi connectivity index (χ1v) is 5.99. The zero-order valence-corrected chi connectivity index (χ0v) is 10.5. The Labute approximate surface area is 109 Å². The second-order valence-corrected chi connectivity index (χ2v) is 4.21. The molecule has 1 N–H and O–H groups in total. The van der Waals surface area contributed by atoms with Gasteiger partial charge < -0.3 is 14.5 Å². The number of fused-ring (bicyclic) bond motifs is 1. The van der Waals surface area contributed by atoms with Crippen molar-refractivity contribution in [1.29, 1.82) is 0 Å². The molecule has 0 saturated carbocycles. The van der Waals surface area contributed by atoms with Crippen LogP contribution in [-0.2, 0) is 17.8 Å². The number of hydrogen-bond acceptors (Lipinski definition) is 5. The summed E-state index contributed by atoms with van der Waals surface area (Å²) in [4.78, 5) is 23.4. The molecule has 19 heavy (non-hydrogen) atoms. The molecule has 2 aromatic heterocycles. The summed E-state index contributed by atoms with van der Waals surface area (Å²) in [5.74, 6) is 0.950. The maximum absolute atomic E-state index is 12.0. The van der Waals surface area contributed by atoms with E-state index in [2.05, 4.69) is 15.0 Å². The fourth-order valence-corrected chi connectivity index (χ4v) is 2.02. The zero-order valence-electron chi connectivity index (χ0n) is 10.5. The predicted octanol–water partition coefficient (Wildman–Crippen LogP) is 0.913. The van der Waals surface area contributed by atoms with E-state index in [1.807, 2.05) is 6.07 Å². The van der Waals surface area contributed by atoms with E-state index in [0.29, 0.717) is 42.6 Å². The average Bonchev–Trinajstić information content (AvgIpc) is 2.47. The summed E-state index contributed by atoms with van der Waals surface area (Å²) < 4.78 is 10.3. The van der Waals surface area contributed by atoms with Crippen LogP contribution in [0.4, 0.5) is 0 Å². The number of methoxy groups -OCH3 is 1. The molecule has 3 rings (SSSR count). The van der Waals surface area contributed by atoms with Crippen LogP contribution in [0.2, 0.25) is 0 Å². The van der Waals surface area contributed by atoms with E-state index < -0.39 is 0 Å². The Kier molecular flexibility index (Phi) is 3.00. The van der Waals surface area contributed by atoms with Crippen LogP contribution in [0.15, 0.2) is 23.0 Å². The van der Waals surface area contributed by atoms with E-state index >= 15 is 0 Å². The fourth-order valence-electron chi connectivity index (χ4n) is 2.02. The van der Waals surface area contributed by atoms with Crippen molar-refractivity contribution in [3.05, 3.63) is 39.8 Å². The van der Waals surface area contributed by atoms with Crippen LogP contribution in [0, 0.1) is 0 Å². The number of aromatic nitrogens is 3. The molecule has 0 radical (unpaired) electrons. The smallest absolute Gasteiger partial charge is 0.256 e. The van der Waals surface area contributed by atoms with Crippen LogP contribution in [0.25, 0.3) is 11.5 Å². The van der Waals surface area contributed by atoms with E-state index in [4.69, 9.17) is 9.47 Å². The van der Waals surface area contributed by atoms with Crippen LogP contribution in [-0.4, -0.2) is 28.7 Å². The Morgan fingerprint density at radius 1 is 1.37 bits per heavy atom. The lowest BCUT2D eigenvalue weighted by molar-refractivity contribution is 0.108. The molecule has 1 aliphatic heterocycles. The van der Waals surface area contributed by atoms with Crippen LogP contribution >= 0.6 is 0 Å². The molecule has 0 aliphatic carbocycles. The van der Waals surface area contributed by atoms with E-state index in [0.717, 1.165) is 5.69 Å². The molecule has 0 unspecified atom stereocenters. The Hall–Kier alpha value is -2.21. The van der Waals surface area contributed by atoms with Crippen molar-refractivity contribution in [3.63, 3.8) is 0 Å². The summed E-state index contributed by atoms with van der Waals surface area (Å²) in [5.41, 5.74) is 1.82. The molecule has 98 valence electrons. The second-order valence-electron chi connectivity index (χ2n) is 4.21. The molecule has 6 heteroatoms. The van der Waals surface area contributed by atoms with Crippen molar-refractivity contribution in [3.8, 4) is 17.4 Å². The molecule has 0 fully saturated rings. The van der Waals surface area contributed by atoms with Gasteiger partial charge in [0.2, 0.25) is 5.88 Å². The molecule has 0 saturated heterocycles. The summed E-state index contributed by atoms with van der Waals surface area (Å²) in [5, 5.41) is 0. The predicted molar refractivity (Wildman–Crippen MR) is 68.0 cm³/mol. The lowest BCUT2D eigenvalue weighted by Crippen LogP contribution is -2.24. The number of ether oxygens (including phenoxy) is 2. The van der Waals surface area contributed by atoms with Gasteiger partial charge in [-0.25, -0.2) is 9.97 Å². The molecule has 6 nitrogen and oxygen atoms in total. The third-order valence-electron chi connectivity index (χ3n) is 3.01. The fraction of sp³-hybridized carbons (Fsp3) is 0.308. The minimum Gasteiger partial charge on any atom is -0.481 e. The second kappa shape index (κ2) is 4.81. The molecule has 0 spiro atoms. The molecular formula is C13H13N3O3. The van der Waals surface area contributed by atoms with Gasteiger partial charge in [0.05, 0.1) is 31.6 Å². The number of nitrogens with zero attached hydrogens (tertiary/aromatic N) is 2. The zero-order chi connectivity index (χ0) is 13.2. The molecule has 2 aromatic rings. The van der Waals surface area contributed by atoms with Crippen molar-refractivity contribution in [2.24, 2.45) is 0 Å². The topological polar surface area (TPSA) is 77.1 Å². The summed E-state index contributed by atoms with van der Waals surface area (Å²) in [6.07, 6.45) is 0.649. The average molecular weight is 259 g/mol. The minimum atomic E-state index is -0.163. The van der Waals surface area contributed by atoms with Gasteiger partial charge >= 0.3 is 0 Å². The first-order valence-electron chi connectivity index (χ1n) is 5.99. The van der Waals surface area contributed by atoms with Gasteiger partial charge in [-0.2, -0.15) is 0 Å². The van der Waals surface area contributed by atoms with Gasteiger partial charge in [0.1, 0.15) is 5.69 Å². The van der Waals surface area contributed by atoms with Gasteiger partial charge in [-0.1, -0.05) is 6.07 Å².